The van der Waals surface area contributed by atoms with Gasteiger partial charge in [-0.2, -0.15) is 0 Å². The van der Waals surface area contributed by atoms with Crippen molar-refractivity contribution in [2.24, 2.45) is 5.92 Å². The van der Waals surface area contributed by atoms with Gasteiger partial charge < -0.3 is 9.88 Å². The van der Waals surface area contributed by atoms with E-state index in [0.29, 0.717) is 11.7 Å². The van der Waals surface area contributed by atoms with Crippen molar-refractivity contribution in [2.75, 3.05) is 6.54 Å². The molecule has 23 heavy (non-hydrogen) atoms. The molecule has 2 aliphatic rings. The largest absolute Gasteiger partial charge is 0.355 e. The number of carbonyl (C=O) groups excluding carboxylic acids is 1. The molecule has 1 N–H and O–H groups in total. The van der Waals surface area contributed by atoms with Gasteiger partial charge >= 0.3 is 0 Å². The highest BCUT2D eigenvalue weighted by Gasteiger charge is 2.32. The monoisotopic (exact) mass is 314 g/mol. The molecule has 4 rings (SSSR count). The summed E-state index contributed by atoms with van der Waals surface area (Å²) in [5, 5.41) is 11.5. The molecule has 2 heterocycles. The van der Waals surface area contributed by atoms with Gasteiger partial charge in [-0.15, -0.1) is 10.2 Å². The summed E-state index contributed by atoms with van der Waals surface area (Å²) < 4.78 is 15.1. The van der Waals surface area contributed by atoms with E-state index in [1.807, 2.05) is 4.57 Å². The Kier molecular flexibility index (Phi) is 3.59. The van der Waals surface area contributed by atoms with Crippen molar-refractivity contribution in [1.82, 2.24) is 20.1 Å². The molecule has 1 aromatic carbocycles. The molecule has 1 saturated carbocycles. The zero-order valence-corrected chi connectivity index (χ0v) is 12.8. The van der Waals surface area contributed by atoms with Crippen LogP contribution in [-0.4, -0.2) is 27.2 Å². The van der Waals surface area contributed by atoms with E-state index in [9.17, 15) is 9.18 Å². The molecule has 0 spiro atoms. The lowest BCUT2D eigenvalue weighted by Gasteiger charge is -2.23. The van der Waals surface area contributed by atoms with Crippen molar-refractivity contribution < 1.29 is 9.18 Å². The van der Waals surface area contributed by atoms with Crippen LogP contribution < -0.4 is 5.32 Å². The van der Waals surface area contributed by atoms with Gasteiger partial charge in [-0.1, -0.05) is 0 Å². The summed E-state index contributed by atoms with van der Waals surface area (Å²) in [6.45, 7) is 1.57. The maximum absolute atomic E-state index is 13.1. The molecule has 1 aromatic heterocycles. The summed E-state index contributed by atoms with van der Waals surface area (Å²) in [7, 11) is 0. The van der Waals surface area contributed by atoms with Crippen molar-refractivity contribution in [3.05, 3.63) is 35.9 Å². The third-order valence-corrected chi connectivity index (χ3v) is 4.65. The summed E-state index contributed by atoms with van der Waals surface area (Å²) in [5.74, 6) is 1.64. The van der Waals surface area contributed by atoms with Crippen LogP contribution in [0.1, 0.15) is 37.4 Å². The minimum absolute atomic E-state index is 0.0518. The van der Waals surface area contributed by atoms with Crippen molar-refractivity contribution in [3.8, 4) is 11.4 Å². The fraction of sp³-hybridized carbons (Fsp3) is 0.471. The summed E-state index contributed by atoms with van der Waals surface area (Å²) in [4.78, 5) is 12.4. The normalized spacial score (nSPS) is 20.1. The number of nitrogens with zero attached hydrogens (tertiary/aromatic N) is 3. The zero-order chi connectivity index (χ0) is 15.8. The second-order valence-corrected chi connectivity index (χ2v) is 6.42. The predicted molar refractivity (Wildman–Crippen MR) is 83.1 cm³/mol. The van der Waals surface area contributed by atoms with Gasteiger partial charge in [0, 0.05) is 18.7 Å². The first-order valence-corrected chi connectivity index (χ1v) is 8.19. The first-order valence-electron chi connectivity index (χ1n) is 8.19. The number of rotatable bonds is 4. The van der Waals surface area contributed by atoms with Crippen molar-refractivity contribution >= 4 is 5.91 Å². The quantitative estimate of drug-likeness (QED) is 0.943. The first kappa shape index (κ1) is 14.4. The van der Waals surface area contributed by atoms with Crippen LogP contribution in [0.25, 0.3) is 11.4 Å². The van der Waals surface area contributed by atoms with Crippen LogP contribution in [-0.2, 0) is 11.3 Å². The molecule has 1 amide bonds. The lowest BCUT2D eigenvalue weighted by Crippen LogP contribution is -2.34. The highest BCUT2D eigenvalue weighted by molar-refractivity contribution is 5.83. The number of aromatic nitrogens is 3. The van der Waals surface area contributed by atoms with Gasteiger partial charge in [0.25, 0.3) is 0 Å². The third kappa shape index (κ3) is 2.85. The number of fused-ring (bicyclic) bond motifs is 1. The molecule has 6 heteroatoms. The Morgan fingerprint density at radius 3 is 2.74 bits per heavy atom. The van der Waals surface area contributed by atoms with Crippen molar-refractivity contribution in [1.29, 1.82) is 0 Å². The first-order chi connectivity index (χ1) is 11.2. The molecule has 0 bridgehead atoms. The Balaban J connectivity index is 1.59. The standard InChI is InChI=1S/C17H19FN4O/c18-13-7-5-12(6-8-13)15-20-21-16-14(2-1-9-22(15)16)17(23)19-10-11-3-4-11/h5-8,11,14H,1-4,9-10H2,(H,19,23). The van der Waals surface area contributed by atoms with Gasteiger partial charge in [0.15, 0.2) is 5.82 Å². The number of carbonyl (C=O) groups is 1. The second-order valence-electron chi connectivity index (χ2n) is 6.42. The van der Waals surface area contributed by atoms with Gasteiger partial charge in [0.2, 0.25) is 5.91 Å². The second kappa shape index (κ2) is 5.76. The topological polar surface area (TPSA) is 59.8 Å². The predicted octanol–water partition coefficient (Wildman–Crippen LogP) is 2.49. The number of hydrogen-bond acceptors (Lipinski definition) is 3. The SMILES string of the molecule is O=C(NCC1CC1)C1CCCn2c(-c3ccc(F)cc3)nnc21. The zero-order valence-electron chi connectivity index (χ0n) is 12.8. The van der Waals surface area contributed by atoms with Crippen molar-refractivity contribution in [3.63, 3.8) is 0 Å². The fourth-order valence-electron chi connectivity index (χ4n) is 3.13. The average molecular weight is 314 g/mol. The fourth-order valence-corrected chi connectivity index (χ4v) is 3.13. The Bertz CT molecular complexity index is 721. The molecule has 1 aliphatic heterocycles. The summed E-state index contributed by atoms with van der Waals surface area (Å²) >= 11 is 0. The van der Waals surface area contributed by atoms with E-state index in [1.54, 1.807) is 12.1 Å². The molecule has 0 saturated heterocycles. The van der Waals surface area contributed by atoms with E-state index >= 15 is 0 Å². The smallest absolute Gasteiger partial charge is 0.230 e. The summed E-state index contributed by atoms with van der Waals surface area (Å²) in [6, 6.07) is 6.23. The number of amides is 1. The average Bonchev–Trinajstić information content (AvgIpc) is 3.30. The van der Waals surface area contributed by atoms with Crippen LogP contribution in [0.5, 0.6) is 0 Å². The van der Waals surface area contributed by atoms with E-state index in [1.165, 1.54) is 25.0 Å². The van der Waals surface area contributed by atoms with E-state index < -0.39 is 0 Å². The third-order valence-electron chi connectivity index (χ3n) is 4.65. The molecular formula is C17H19FN4O. The molecule has 1 aliphatic carbocycles. The molecule has 1 unspecified atom stereocenters. The minimum atomic E-state index is -0.274. The van der Waals surface area contributed by atoms with E-state index in [-0.39, 0.29) is 17.6 Å². The van der Waals surface area contributed by atoms with Crippen LogP contribution in [0.4, 0.5) is 4.39 Å². The Morgan fingerprint density at radius 2 is 2.00 bits per heavy atom. The maximum atomic E-state index is 13.1. The molecule has 1 atom stereocenters. The van der Waals surface area contributed by atoms with Gasteiger partial charge in [0.1, 0.15) is 11.6 Å². The van der Waals surface area contributed by atoms with Crippen molar-refractivity contribution in [2.45, 2.75) is 38.1 Å². The van der Waals surface area contributed by atoms with Gasteiger partial charge in [0.05, 0.1) is 5.92 Å². The van der Waals surface area contributed by atoms with E-state index in [2.05, 4.69) is 15.5 Å². The summed E-state index contributed by atoms with van der Waals surface area (Å²) in [5.41, 5.74) is 0.823. The van der Waals surface area contributed by atoms with E-state index in [4.69, 9.17) is 0 Å². The molecule has 1 fully saturated rings. The lowest BCUT2D eigenvalue weighted by molar-refractivity contribution is -0.123. The highest BCUT2D eigenvalue weighted by atomic mass is 19.1. The molecule has 0 radical (unpaired) electrons. The highest BCUT2D eigenvalue weighted by Crippen LogP contribution is 2.31. The minimum Gasteiger partial charge on any atom is -0.355 e. The number of nitrogens with one attached hydrogen (secondary N) is 1. The van der Waals surface area contributed by atoms with Crippen LogP contribution in [0.3, 0.4) is 0 Å². The molecular weight excluding hydrogens is 295 g/mol. The molecule has 120 valence electrons. The number of benzene rings is 1. The summed E-state index contributed by atoms with van der Waals surface area (Å²) in [6.07, 6.45) is 4.16. The number of hydrogen-bond donors (Lipinski definition) is 1. The lowest BCUT2D eigenvalue weighted by atomic mass is 9.97. The van der Waals surface area contributed by atoms with Gasteiger partial charge in [-0.05, 0) is 55.9 Å². The maximum Gasteiger partial charge on any atom is 0.230 e. The van der Waals surface area contributed by atoms with Crippen LogP contribution in [0.2, 0.25) is 0 Å². The molecule has 5 nitrogen and oxygen atoms in total. The molecule has 2 aromatic rings. The van der Waals surface area contributed by atoms with E-state index in [0.717, 1.165) is 37.3 Å². The van der Waals surface area contributed by atoms with Gasteiger partial charge in [-0.25, -0.2) is 4.39 Å². The van der Waals surface area contributed by atoms with Crippen LogP contribution in [0, 0.1) is 11.7 Å². The van der Waals surface area contributed by atoms with Crippen LogP contribution in [0.15, 0.2) is 24.3 Å². The van der Waals surface area contributed by atoms with Crippen LogP contribution >= 0.6 is 0 Å². The number of halogens is 1. The Hall–Kier alpha value is -2.24. The Morgan fingerprint density at radius 1 is 1.22 bits per heavy atom. The van der Waals surface area contributed by atoms with Gasteiger partial charge in [-0.3, -0.25) is 4.79 Å². The Labute approximate surface area is 133 Å².